The van der Waals surface area contributed by atoms with E-state index in [-0.39, 0.29) is 25.0 Å². The second-order valence-corrected chi connectivity index (χ2v) is 8.48. The van der Waals surface area contributed by atoms with E-state index in [0.29, 0.717) is 32.9 Å². The first-order valence-corrected chi connectivity index (χ1v) is 10.7. The van der Waals surface area contributed by atoms with E-state index < -0.39 is 11.9 Å². The van der Waals surface area contributed by atoms with Gasteiger partial charge in [0.2, 0.25) is 5.91 Å². The molecule has 1 atom stereocenters. The fourth-order valence-electron chi connectivity index (χ4n) is 2.67. The molecule has 0 saturated carbocycles. The maximum absolute atomic E-state index is 13.0. The summed E-state index contributed by atoms with van der Waals surface area (Å²) in [5.74, 6) is 0.0168. The van der Waals surface area contributed by atoms with Gasteiger partial charge in [-0.15, -0.1) is 0 Å². The Morgan fingerprint density at radius 2 is 1.57 bits per heavy atom. The van der Waals surface area contributed by atoms with Gasteiger partial charge in [-0.3, -0.25) is 9.59 Å². The summed E-state index contributed by atoms with van der Waals surface area (Å²) in [6.07, 6.45) is 0. The Morgan fingerprint density at radius 1 is 0.967 bits per heavy atom. The van der Waals surface area contributed by atoms with Crippen molar-refractivity contribution in [3.8, 4) is 5.75 Å². The van der Waals surface area contributed by atoms with E-state index in [1.54, 1.807) is 49.4 Å². The van der Waals surface area contributed by atoms with E-state index in [9.17, 15) is 9.59 Å². The zero-order valence-corrected chi connectivity index (χ0v) is 19.4. The molecule has 2 amide bonds. The Balaban J connectivity index is 2.22. The molecular weight excluding hydrogens is 447 g/mol. The summed E-state index contributed by atoms with van der Waals surface area (Å²) in [7, 11) is 0. The zero-order valence-electron chi connectivity index (χ0n) is 17.1. The standard InChI is InChI=1S/C22H25Cl3N2O3/c1-14(2)11-26-22(29)15(3)27(12-16-17(23)8-6-9-18(16)24)21(28)13-30-20-10-5-4-7-19(20)25/h4-10,14-15H,11-13H2,1-3H3,(H,26,29)/t15-/m1/s1. The largest absolute Gasteiger partial charge is 0.482 e. The van der Waals surface area contributed by atoms with Crippen LogP contribution in [0.2, 0.25) is 15.1 Å². The number of amides is 2. The number of benzene rings is 2. The van der Waals surface area contributed by atoms with Crippen LogP contribution in [0.1, 0.15) is 26.3 Å². The average Bonchev–Trinajstić information content (AvgIpc) is 2.70. The first-order chi connectivity index (χ1) is 14.2. The van der Waals surface area contributed by atoms with Gasteiger partial charge in [0.1, 0.15) is 11.8 Å². The van der Waals surface area contributed by atoms with E-state index in [4.69, 9.17) is 39.5 Å². The van der Waals surface area contributed by atoms with Gasteiger partial charge in [-0.2, -0.15) is 0 Å². The monoisotopic (exact) mass is 470 g/mol. The molecule has 162 valence electrons. The molecule has 0 aliphatic rings. The lowest BCUT2D eigenvalue weighted by molar-refractivity contribution is -0.142. The summed E-state index contributed by atoms with van der Waals surface area (Å²) < 4.78 is 5.59. The molecule has 0 fully saturated rings. The summed E-state index contributed by atoms with van der Waals surface area (Å²) in [6, 6.07) is 11.2. The van der Waals surface area contributed by atoms with Crippen molar-refractivity contribution in [1.29, 1.82) is 0 Å². The molecule has 1 N–H and O–H groups in total. The quantitative estimate of drug-likeness (QED) is 0.546. The van der Waals surface area contributed by atoms with Crippen molar-refractivity contribution in [2.24, 2.45) is 5.92 Å². The summed E-state index contributed by atoms with van der Waals surface area (Å²) in [6.45, 7) is 5.94. The van der Waals surface area contributed by atoms with Crippen LogP contribution in [0.4, 0.5) is 0 Å². The lowest BCUT2D eigenvalue weighted by Crippen LogP contribution is -2.49. The second kappa shape index (κ2) is 11.4. The molecule has 0 bridgehead atoms. The van der Waals surface area contributed by atoms with E-state index in [0.717, 1.165) is 0 Å². The fourth-order valence-corrected chi connectivity index (χ4v) is 3.38. The highest BCUT2D eigenvalue weighted by Crippen LogP contribution is 2.27. The highest BCUT2D eigenvalue weighted by atomic mass is 35.5. The third-order valence-corrected chi connectivity index (χ3v) is 5.45. The first-order valence-electron chi connectivity index (χ1n) is 9.58. The van der Waals surface area contributed by atoms with Crippen molar-refractivity contribution >= 4 is 46.6 Å². The molecule has 2 rings (SSSR count). The van der Waals surface area contributed by atoms with Gasteiger partial charge in [-0.25, -0.2) is 0 Å². The predicted octanol–water partition coefficient (Wildman–Crippen LogP) is 5.22. The van der Waals surface area contributed by atoms with Crippen LogP contribution in [0.25, 0.3) is 0 Å². The van der Waals surface area contributed by atoms with Gasteiger partial charge in [0.15, 0.2) is 6.61 Å². The lowest BCUT2D eigenvalue weighted by Gasteiger charge is -2.29. The summed E-state index contributed by atoms with van der Waals surface area (Å²) >= 11 is 18.7. The van der Waals surface area contributed by atoms with Crippen molar-refractivity contribution in [3.63, 3.8) is 0 Å². The van der Waals surface area contributed by atoms with Crippen LogP contribution in [-0.2, 0) is 16.1 Å². The van der Waals surface area contributed by atoms with Crippen LogP contribution < -0.4 is 10.1 Å². The van der Waals surface area contributed by atoms with Gasteiger partial charge < -0.3 is 15.0 Å². The molecule has 0 spiro atoms. The van der Waals surface area contributed by atoms with Crippen LogP contribution in [-0.4, -0.2) is 35.9 Å². The Morgan fingerprint density at radius 3 is 2.17 bits per heavy atom. The Hall–Kier alpha value is -1.95. The summed E-state index contributed by atoms with van der Waals surface area (Å²) in [5.41, 5.74) is 0.565. The zero-order chi connectivity index (χ0) is 22.3. The second-order valence-electron chi connectivity index (χ2n) is 7.26. The molecule has 0 radical (unpaired) electrons. The minimum absolute atomic E-state index is 0.0689. The lowest BCUT2D eigenvalue weighted by atomic mass is 10.1. The molecule has 0 saturated heterocycles. The van der Waals surface area contributed by atoms with Crippen LogP contribution in [0, 0.1) is 5.92 Å². The van der Waals surface area contributed by atoms with Gasteiger partial charge >= 0.3 is 0 Å². The number of rotatable bonds is 9. The third-order valence-electron chi connectivity index (χ3n) is 4.43. The van der Waals surface area contributed by atoms with E-state index >= 15 is 0 Å². The highest BCUT2D eigenvalue weighted by Gasteiger charge is 2.28. The van der Waals surface area contributed by atoms with Crippen molar-refractivity contribution in [2.75, 3.05) is 13.2 Å². The Kier molecular flexibility index (Phi) is 9.28. The molecule has 0 aliphatic carbocycles. The van der Waals surface area contributed by atoms with Gasteiger partial charge in [0.25, 0.3) is 5.91 Å². The van der Waals surface area contributed by atoms with Gasteiger partial charge in [0.05, 0.1) is 5.02 Å². The topological polar surface area (TPSA) is 58.6 Å². The van der Waals surface area contributed by atoms with E-state index in [2.05, 4.69) is 5.32 Å². The number of carbonyl (C=O) groups excluding carboxylic acids is 2. The average molecular weight is 472 g/mol. The maximum Gasteiger partial charge on any atom is 0.261 e. The highest BCUT2D eigenvalue weighted by molar-refractivity contribution is 6.36. The van der Waals surface area contributed by atoms with Crippen molar-refractivity contribution in [3.05, 3.63) is 63.1 Å². The molecule has 0 heterocycles. The van der Waals surface area contributed by atoms with Crippen LogP contribution in [0.15, 0.2) is 42.5 Å². The number of carbonyl (C=O) groups is 2. The SMILES string of the molecule is CC(C)CNC(=O)[C@@H](C)N(Cc1c(Cl)cccc1Cl)C(=O)COc1ccccc1Cl. The van der Waals surface area contributed by atoms with Crippen LogP contribution >= 0.6 is 34.8 Å². The van der Waals surface area contributed by atoms with Gasteiger partial charge in [0, 0.05) is 28.7 Å². The van der Waals surface area contributed by atoms with Crippen molar-refractivity contribution < 1.29 is 14.3 Å². The van der Waals surface area contributed by atoms with Gasteiger partial charge in [-0.1, -0.05) is 66.8 Å². The number of halogens is 3. The van der Waals surface area contributed by atoms with Crippen molar-refractivity contribution in [2.45, 2.75) is 33.4 Å². The molecule has 0 aromatic heterocycles. The molecule has 2 aromatic carbocycles. The Bertz CT molecular complexity index is 869. The van der Waals surface area contributed by atoms with Crippen LogP contribution in [0.5, 0.6) is 5.75 Å². The molecule has 2 aromatic rings. The fraction of sp³-hybridized carbons (Fsp3) is 0.364. The van der Waals surface area contributed by atoms with Gasteiger partial charge in [-0.05, 0) is 37.1 Å². The predicted molar refractivity (Wildman–Crippen MR) is 121 cm³/mol. The number of hydrogen-bond donors (Lipinski definition) is 1. The minimum atomic E-state index is -0.751. The number of ether oxygens (including phenoxy) is 1. The Labute approximate surface area is 192 Å². The number of hydrogen-bond acceptors (Lipinski definition) is 3. The number of nitrogens with one attached hydrogen (secondary N) is 1. The van der Waals surface area contributed by atoms with E-state index in [1.165, 1.54) is 4.90 Å². The van der Waals surface area contributed by atoms with E-state index in [1.807, 2.05) is 13.8 Å². The normalized spacial score (nSPS) is 11.8. The molecule has 0 unspecified atom stereocenters. The van der Waals surface area contributed by atoms with Crippen LogP contribution in [0.3, 0.4) is 0 Å². The minimum Gasteiger partial charge on any atom is -0.482 e. The third kappa shape index (κ3) is 6.79. The molecule has 0 aliphatic heterocycles. The molecular formula is C22H25Cl3N2O3. The summed E-state index contributed by atoms with van der Waals surface area (Å²) in [4.78, 5) is 27.1. The molecule has 5 nitrogen and oxygen atoms in total. The summed E-state index contributed by atoms with van der Waals surface area (Å²) in [5, 5.41) is 4.09. The number of nitrogens with zero attached hydrogens (tertiary/aromatic N) is 1. The molecule has 8 heteroatoms. The smallest absolute Gasteiger partial charge is 0.261 e. The molecule has 30 heavy (non-hydrogen) atoms. The first kappa shape index (κ1) is 24.3. The maximum atomic E-state index is 13.0. The van der Waals surface area contributed by atoms with Crippen molar-refractivity contribution in [1.82, 2.24) is 10.2 Å². The number of para-hydroxylation sites is 1.